The fourth-order valence-corrected chi connectivity index (χ4v) is 6.08. The first-order chi connectivity index (χ1) is 16.0. The summed E-state index contributed by atoms with van der Waals surface area (Å²) < 4.78 is 14.2. The summed E-state index contributed by atoms with van der Waals surface area (Å²) in [6.45, 7) is 15.1. The largest absolute Gasteiger partial charge is 0.399 e. The number of hydrogen-bond donors (Lipinski definition) is 1. The zero-order valence-corrected chi connectivity index (χ0v) is 22.0. The van der Waals surface area contributed by atoms with Gasteiger partial charge < -0.3 is 9.94 Å². The molecule has 0 aliphatic heterocycles. The highest BCUT2D eigenvalue weighted by molar-refractivity contribution is 5.98. The molecule has 4 heteroatoms. The lowest BCUT2D eigenvalue weighted by Gasteiger charge is -2.42. The Kier molecular flexibility index (Phi) is 8.44. The average molecular weight is 470 g/mol. The predicted molar refractivity (Wildman–Crippen MR) is 140 cm³/mol. The van der Waals surface area contributed by atoms with Gasteiger partial charge in [-0.15, -0.1) is 0 Å². The minimum atomic E-state index is -1.13. The maximum atomic E-state index is 14.2. The number of hydrogen-bond acceptors (Lipinski definition) is 3. The molecule has 1 N–H and O–H groups in total. The molecule has 2 saturated carbocycles. The second-order valence-corrected chi connectivity index (χ2v) is 11.7. The van der Waals surface area contributed by atoms with Gasteiger partial charge in [0.2, 0.25) is 0 Å². The lowest BCUT2D eigenvalue weighted by molar-refractivity contribution is 0.124. The number of oxime groups is 1. The summed E-state index contributed by atoms with van der Waals surface area (Å²) in [4.78, 5) is 5.05. The van der Waals surface area contributed by atoms with Crippen molar-refractivity contribution in [1.29, 1.82) is 0 Å². The Labute approximate surface area is 206 Å². The minimum absolute atomic E-state index is 0.0567. The molecule has 3 aliphatic carbocycles. The van der Waals surface area contributed by atoms with Crippen molar-refractivity contribution in [2.24, 2.45) is 27.8 Å². The van der Waals surface area contributed by atoms with E-state index in [9.17, 15) is 9.50 Å². The maximum Gasteiger partial charge on any atom is 0.127 e. The normalized spacial score (nSPS) is 34.0. The van der Waals surface area contributed by atoms with Crippen molar-refractivity contribution in [3.63, 3.8) is 0 Å². The molecule has 0 spiro atoms. The van der Waals surface area contributed by atoms with Crippen LogP contribution in [0.5, 0.6) is 0 Å². The van der Waals surface area contributed by atoms with Gasteiger partial charge in [0.1, 0.15) is 13.3 Å². The molecule has 0 radical (unpaired) electrons. The van der Waals surface area contributed by atoms with Crippen LogP contribution in [0.25, 0.3) is 0 Å². The Morgan fingerprint density at radius 1 is 1.38 bits per heavy atom. The molecule has 0 aromatic rings. The van der Waals surface area contributed by atoms with Crippen LogP contribution in [-0.2, 0) is 4.84 Å². The fraction of sp³-hybridized carbons (Fsp3) is 0.633. The van der Waals surface area contributed by atoms with Crippen LogP contribution in [0.2, 0.25) is 0 Å². The molecule has 0 heterocycles. The standard InChI is InChI=1S/C30H44FNO2/c1-20(10-8-12-28(32-34-7)29(3,4)5)25-15-16-26-22(11-9-17-30(25,26)6)13-14-23-18-24(33)19-27(31)21(23)2/h8,12-15,20,24,26-27,33H,2,9-11,16-19H2,1,3-7H3/t20-,24+,26-,27-,30+/m0/s1. The third-order valence-electron chi connectivity index (χ3n) is 8.09. The molecule has 3 aliphatic rings. The number of aliphatic hydroxyl groups is 1. The third-order valence-corrected chi connectivity index (χ3v) is 8.09. The quantitative estimate of drug-likeness (QED) is 0.246. The van der Waals surface area contributed by atoms with Crippen molar-refractivity contribution >= 4 is 5.71 Å². The van der Waals surface area contributed by atoms with Gasteiger partial charge in [-0.3, -0.25) is 0 Å². The molecule has 188 valence electrons. The van der Waals surface area contributed by atoms with Gasteiger partial charge in [-0.2, -0.15) is 0 Å². The van der Waals surface area contributed by atoms with E-state index in [0.717, 1.165) is 30.5 Å². The molecule has 0 aromatic heterocycles. The highest BCUT2D eigenvalue weighted by Gasteiger charge is 2.45. The fourth-order valence-electron chi connectivity index (χ4n) is 6.08. The maximum absolute atomic E-state index is 14.2. The molecule has 0 aromatic carbocycles. The molecule has 5 atom stereocenters. The van der Waals surface area contributed by atoms with Gasteiger partial charge in [-0.25, -0.2) is 4.39 Å². The summed E-state index contributed by atoms with van der Waals surface area (Å²) >= 11 is 0. The summed E-state index contributed by atoms with van der Waals surface area (Å²) in [6, 6.07) is 0. The molecule has 2 fully saturated rings. The van der Waals surface area contributed by atoms with Crippen LogP contribution in [0.1, 0.15) is 79.6 Å². The third kappa shape index (κ3) is 5.82. The summed E-state index contributed by atoms with van der Waals surface area (Å²) in [5, 5.41) is 14.2. The van der Waals surface area contributed by atoms with Crippen molar-refractivity contribution in [3.8, 4) is 0 Å². The van der Waals surface area contributed by atoms with Crippen LogP contribution in [0.15, 0.2) is 64.4 Å². The van der Waals surface area contributed by atoms with Crippen LogP contribution in [-0.4, -0.2) is 30.2 Å². The van der Waals surface area contributed by atoms with Gasteiger partial charge in [0.25, 0.3) is 0 Å². The van der Waals surface area contributed by atoms with Crippen molar-refractivity contribution in [2.75, 3.05) is 7.11 Å². The molecule has 0 unspecified atom stereocenters. The first kappa shape index (κ1) is 26.7. The van der Waals surface area contributed by atoms with E-state index in [1.54, 1.807) is 12.7 Å². The Bertz CT molecular complexity index is 917. The SMILES string of the molecule is C=C1C(=CC=C2CCC[C@]3(C)C([C@@H](C)CC=CC(=NOC)C(C)(C)C)=CC[C@@H]23)C[C@@H](O)C[C@@H]1F. The molecular formula is C30H44FNO2. The number of alkyl halides is 1. The topological polar surface area (TPSA) is 41.8 Å². The van der Waals surface area contributed by atoms with Crippen LogP contribution in [0.3, 0.4) is 0 Å². The Morgan fingerprint density at radius 3 is 2.79 bits per heavy atom. The van der Waals surface area contributed by atoms with E-state index >= 15 is 0 Å². The van der Waals surface area contributed by atoms with E-state index < -0.39 is 12.3 Å². The van der Waals surface area contributed by atoms with Crippen molar-refractivity contribution in [3.05, 3.63) is 59.3 Å². The molecule has 0 bridgehead atoms. The van der Waals surface area contributed by atoms with Crippen LogP contribution in [0, 0.1) is 22.7 Å². The highest BCUT2D eigenvalue weighted by atomic mass is 19.1. The smallest absolute Gasteiger partial charge is 0.127 e. The first-order valence-corrected chi connectivity index (χ1v) is 12.9. The zero-order valence-electron chi connectivity index (χ0n) is 22.0. The van der Waals surface area contributed by atoms with Gasteiger partial charge >= 0.3 is 0 Å². The van der Waals surface area contributed by atoms with Crippen LogP contribution < -0.4 is 0 Å². The van der Waals surface area contributed by atoms with Gasteiger partial charge in [-0.05, 0) is 73.0 Å². The van der Waals surface area contributed by atoms with E-state index in [1.807, 2.05) is 6.08 Å². The molecule has 0 amide bonds. The number of aliphatic hydroxyl groups excluding tert-OH is 1. The van der Waals surface area contributed by atoms with Crippen molar-refractivity contribution < 1.29 is 14.3 Å². The van der Waals surface area contributed by atoms with E-state index in [0.29, 0.717) is 23.8 Å². The van der Waals surface area contributed by atoms with Gasteiger partial charge in [0.15, 0.2) is 0 Å². The lowest BCUT2D eigenvalue weighted by Crippen LogP contribution is -2.32. The van der Waals surface area contributed by atoms with E-state index in [-0.39, 0.29) is 17.3 Å². The van der Waals surface area contributed by atoms with E-state index in [4.69, 9.17) is 4.84 Å². The van der Waals surface area contributed by atoms with Gasteiger partial charge in [-0.1, -0.05) is 81.8 Å². The molecule has 34 heavy (non-hydrogen) atoms. The van der Waals surface area contributed by atoms with Crippen molar-refractivity contribution in [2.45, 2.75) is 91.8 Å². The summed E-state index contributed by atoms with van der Waals surface area (Å²) in [5.74, 6) is 0.968. The number of fused-ring (bicyclic) bond motifs is 1. The Balaban J connectivity index is 1.73. The number of allylic oxidation sites excluding steroid dienone is 8. The highest BCUT2D eigenvalue weighted by Crippen LogP contribution is 2.57. The van der Waals surface area contributed by atoms with Crippen LogP contribution >= 0.6 is 0 Å². The first-order valence-electron chi connectivity index (χ1n) is 12.9. The minimum Gasteiger partial charge on any atom is -0.399 e. The van der Waals surface area contributed by atoms with Crippen LogP contribution in [0.4, 0.5) is 4.39 Å². The second-order valence-electron chi connectivity index (χ2n) is 11.7. The molecule has 3 nitrogen and oxygen atoms in total. The van der Waals surface area contributed by atoms with Gasteiger partial charge in [0, 0.05) is 11.8 Å². The average Bonchev–Trinajstić information content (AvgIpc) is 3.11. The lowest BCUT2D eigenvalue weighted by atomic mass is 9.62. The monoisotopic (exact) mass is 469 g/mol. The summed E-state index contributed by atoms with van der Waals surface area (Å²) in [7, 11) is 1.60. The predicted octanol–water partition coefficient (Wildman–Crippen LogP) is 7.66. The number of rotatable bonds is 6. The number of halogens is 1. The van der Waals surface area contributed by atoms with Gasteiger partial charge in [0.05, 0.1) is 11.8 Å². The van der Waals surface area contributed by atoms with E-state index in [1.165, 1.54) is 18.4 Å². The molecule has 0 saturated heterocycles. The molecular weight excluding hydrogens is 425 g/mol. The number of nitrogens with zero attached hydrogens (tertiary/aromatic N) is 1. The Hall–Kier alpha value is -1.94. The Morgan fingerprint density at radius 2 is 2.12 bits per heavy atom. The summed E-state index contributed by atoms with van der Waals surface area (Å²) in [5.41, 5.74) is 5.51. The van der Waals surface area contributed by atoms with E-state index in [2.05, 4.69) is 70.7 Å². The zero-order chi connectivity index (χ0) is 25.1. The van der Waals surface area contributed by atoms with Crippen molar-refractivity contribution in [1.82, 2.24) is 0 Å². The second kappa shape index (κ2) is 10.8. The molecule has 3 rings (SSSR count). The summed E-state index contributed by atoms with van der Waals surface area (Å²) in [6.07, 6.45) is 15.5.